The van der Waals surface area contributed by atoms with Gasteiger partial charge in [0.25, 0.3) is 0 Å². The number of benzene rings is 1. The van der Waals surface area contributed by atoms with Crippen LogP contribution in [0.25, 0.3) is 0 Å². The highest BCUT2D eigenvalue weighted by Gasteiger charge is 2.30. The van der Waals surface area contributed by atoms with Crippen LogP contribution in [0.15, 0.2) is 29.2 Å². The van der Waals surface area contributed by atoms with Gasteiger partial charge in [0.2, 0.25) is 0 Å². The highest BCUT2D eigenvalue weighted by atomic mass is 32.2. The minimum absolute atomic E-state index is 0.232. The van der Waals surface area contributed by atoms with E-state index in [1.165, 1.54) is 0 Å². The van der Waals surface area contributed by atoms with Gasteiger partial charge in [0.15, 0.2) is 9.84 Å². The second-order valence-corrected chi connectivity index (χ2v) is 5.76. The SMILES string of the molecule is NC(=S)CS(=O)(=O)c1ccc(C(F)(F)F)cc1. The quantitative estimate of drug-likeness (QED) is 0.859. The van der Waals surface area contributed by atoms with Crippen LogP contribution in [0.1, 0.15) is 5.56 Å². The van der Waals surface area contributed by atoms with Gasteiger partial charge in [-0.3, -0.25) is 0 Å². The second kappa shape index (κ2) is 4.61. The molecule has 1 aromatic carbocycles. The largest absolute Gasteiger partial charge is 0.416 e. The molecule has 0 saturated carbocycles. The molecule has 0 aliphatic rings. The summed E-state index contributed by atoms with van der Waals surface area (Å²) in [4.78, 5) is -0.469. The summed E-state index contributed by atoms with van der Waals surface area (Å²) in [5.41, 5.74) is 4.18. The summed E-state index contributed by atoms with van der Waals surface area (Å²) in [7, 11) is -3.76. The molecular weight excluding hydrogens is 275 g/mol. The summed E-state index contributed by atoms with van der Waals surface area (Å²) in [5, 5.41) is 0. The van der Waals surface area contributed by atoms with Crippen LogP contribution in [-0.4, -0.2) is 19.2 Å². The zero-order valence-corrected chi connectivity index (χ0v) is 9.99. The number of hydrogen-bond acceptors (Lipinski definition) is 3. The van der Waals surface area contributed by atoms with Crippen molar-refractivity contribution in [1.29, 1.82) is 0 Å². The highest BCUT2D eigenvalue weighted by Crippen LogP contribution is 2.29. The first kappa shape index (κ1) is 13.9. The molecule has 0 aliphatic carbocycles. The molecule has 0 atom stereocenters. The van der Waals surface area contributed by atoms with Crippen LogP contribution >= 0.6 is 12.2 Å². The van der Waals surface area contributed by atoms with Crippen molar-refractivity contribution in [3.8, 4) is 0 Å². The van der Waals surface area contributed by atoms with E-state index in [-0.39, 0.29) is 9.88 Å². The summed E-state index contributed by atoms with van der Waals surface area (Å²) in [6.45, 7) is 0. The van der Waals surface area contributed by atoms with E-state index in [0.717, 1.165) is 12.1 Å². The Kier molecular flexibility index (Phi) is 3.78. The highest BCUT2D eigenvalue weighted by molar-refractivity contribution is 7.94. The maximum atomic E-state index is 12.2. The molecule has 0 saturated heterocycles. The van der Waals surface area contributed by atoms with Crippen LogP contribution in [0.3, 0.4) is 0 Å². The summed E-state index contributed by atoms with van der Waals surface area (Å²) < 4.78 is 59.8. The fourth-order valence-corrected chi connectivity index (χ4v) is 2.68. The standard InChI is InChI=1S/C9H8F3NO2S2/c10-9(11,12)6-1-3-7(4-2-6)17(14,15)5-8(13)16/h1-4H,5H2,(H2,13,16). The molecule has 8 heteroatoms. The molecule has 1 rings (SSSR count). The summed E-state index contributed by atoms with van der Waals surface area (Å²) in [6.07, 6.45) is -4.49. The first-order valence-electron chi connectivity index (χ1n) is 4.31. The first-order valence-corrected chi connectivity index (χ1v) is 6.37. The van der Waals surface area contributed by atoms with Gasteiger partial charge in [0, 0.05) is 0 Å². The Bertz CT molecular complexity index is 520. The monoisotopic (exact) mass is 283 g/mol. The number of nitrogens with two attached hydrogens (primary N) is 1. The molecule has 0 aromatic heterocycles. The van der Waals surface area contributed by atoms with E-state index < -0.39 is 27.3 Å². The van der Waals surface area contributed by atoms with Gasteiger partial charge >= 0.3 is 6.18 Å². The Balaban J connectivity index is 3.08. The molecular formula is C9H8F3NO2S2. The molecule has 0 unspecified atom stereocenters. The van der Waals surface area contributed by atoms with Gasteiger partial charge in [0.05, 0.1) is 15.4 Å². The van der Waals surface area contributed by atoms with Crippen LogP contribution < -0.4 is 5.73 Å². The maximum Gasteiger partial charge on any atom is 0.416 e. The fraction of sp³-hybridized carbons (Fsp3) is 0.222. The van der Waals surface area contributed by atoms with Crippen molar-refractivity contribution in [2.75, 3.05) is 5.75 Å². The van der Waals surface area contributed by atoms with E-state index in [0.29, 0.717) is 12.1 Å². The van der Waals surface area contributed by atoms with Crippen LogP contribution in [-0.2, 0) is 16.0 Å². The average molecular weight is 283 g/mol. The third-order valence-corrected chi connectivity index (χ3v) is 3.88. The van der Waals surface area contributed by atoms with E-state index >= 15 is 0 Å². The van der Waals surface area contributed by atoms with Crippen molar-refractivity contribution < 1.29 is 21.6 Å². The molecule has 0 spiro atoms. The lowest BCUT2D eigenvalue weighted by molar-refractivity contribution is -0.137. The normalized spacial score (nSPS) is 12.4. The second-order valence-electron chi connectivity index (χ2n) is 3.25. The van der Waals surface area contributed by atoms with Crippen molar-refractivity contribution in [3.63, 3.8) is 0 Å². The van der Waals surface area contributed by atoms with Crippen LogP contribution in [0, 0.1) is 0 Å². The van der Waals surface area contributed by atoms with E-state index in [4.69, 9.17) is 5.73 Å². The zero-order valence-electron chi connectivity index (χ0n) is 8.36. The van der Waals surface area contributed by atoms with Gasteiger partial charge in [-0.05, 0) is 24.3 Å². The fourth-order valence-electron chi connectivity index (χ4n) is 1.12. The Labute approximate surface area is 101 Å². The van der Waals surface area contributed by atoms with E-state index in [9.17, 15) is 21.6 Å². The Morgan fingerprint density at radius 2 is 1.71 bits per heavy atom. The summed E-state index contributed by atoms with van der Waals surface area (Å²) >= 11 is 4.45. The predicted octanol–water partition coefficient (Wildman–Crippen LogP) is 1.77. The molecule has 1 aromatic rings. The van der Waals surface area contributed by atoms with Gasteiger partial charge in [0.1, 0.15) is 5.75 Å². The summed E-state index contributed by atoms with van der Waals surface area (Å²) in [5.74, 6) is -0.562. The third-order valence-electron chi connectivity index (χ3n) is 1.87. The number of halogens is 3. The molecule has 0 fully saturated rings. The number of sulfone groups is 1. The van der Waals surface area contributed by atoms with Crippen molar-refractivity contribution >= 4 is 27.0 Å². The third kappa shape index (κ3) is 3.67. The molecule has 94 valence electrons. The van der Waals surface area contributed by atoms with Crippen LogP contribution in [0.2, 0.25) is 0 Å². The van der Waals surface area contributed by atoms with Gasteiger partial charge < -0.3 is 5.73 Å². The van der Waals surface area contributed by atoms with E-state index in [2.05, 4.69) is 12.2 Å². The molecule has 2 N–H and O–H groups in total. The van der Waals surface area contributed by atoms with Crippen molar-refractivity contribution in [3.05, 3.63) is 29.8 Å². The number of alkyl halides is 3. The lowest BCUT2D eigenvalue weighted by atomic mass is 10.2. The number of thiocarbonyl (C=S) groups is 1. The summed E-state index contributed by atoms with van der Waals surface area (Å²) in [6, 6.07) is 3.17. The van der Waals surface area contributed by atoms with Gasteiger partial charge in [-0.1, -0.05) is 12.2 Å². The molecule has 0 amide bonds. The van der Waals surface area contributed by atoms with E-state index in [1.54, 1.807) is 0 Å². The van der Waals surface area contributed by atoms with Crippen LogP contribution in [0.5, 0.6) is 0 Å². The van der Waals surface area contributed by atoms with Gasteiger partial charge in [-0.25, -0.2) is 8.42 Å². The minimum Gasteiger partial charge on any atom is -0.392 e. The van der Waals surface area contributed by atoms with Crippen molar-refractivity contribution in [1.82, 2.24) is 0 Å². The zero-order chi connectivity index (χ0) is 13.3. The minimum atomic E-state index is -4.49. The lowest BCUT2D eigenvalue weighted by Crippen LogP contribution is -2.21. The maximum absolute atomic E-state index is 12.2. The molecule has 17 heavy (non-hydrogen) atoms. The Hall–Kier alpha value is -1.15. The smallest absolute Gasteiger partial charge is 0.392 e. The number of hydrogen-bond donors (Lipinski definition) is 1. The predicted molar refractivity (Wildman–Crippen MR) is 60.3 cm³/mol. The average Bonchev–Trinajstić information content (AvgIpc) is 2.14. The van der Waals surface area contributed by atoms with Crippen molar-refractivity contribution in [2.45, 2.75) is 11.1 Å². The Morgan fingerprint density at radius 1 is 1.24 bits per heavy atom. The number of rotatable bonds is 3. The molecule has 3 nitrogen and oxygen atoms in total. The molecule has 0 aliphatic heterocycles. The van der Waals surface area contributed by atoms with Gasteiger partial charge in [-0.2, -0.15) is 13.2 Å². The topological polar surface area (TPSA) is 60.2 Å². The molecule has 0 heterocycles. The first-order chi connectivity index (χ1) is 7.63. The molecule has 0 radical (unpaired) electrons. The molecule has 0 bridgehead atoms. The van der Waals surface area contributed by atoms with E-state index in [1.807, 2.05) is 0 Å². The lowest BCUT2D eigenvalue weighted by Gasteiger charge is -2.07. The van der Waals surface area contributed by atoms with Crippen LogP contribution in [0.4, 0.5) is 13.2 Å². The van der Waals surface area contributed by atoms with Crippen molar-refractivity contribution in [2.24, 2.45) is 5.73 Å². The van der Waals surface area contributed by atoms with Gasteiger partial charge in [-0.15, -0.1) is 0 Å². The Morgan fingerprint density at radius 3 is 2.06 bits per heavy atom.